The maximum atomic E-state index is 5.46. The summed E-state index contributed by atoms with van der Waals surface area (Å²) >= 11 is 0. The molecular formula is C14H22. The van der Waals surface area contributed by atoms with Gasteiger partial charge in [-0.25, -0.2) is 0 Å². The summed E-state index contributed by atoms with van der Waals surface area (Å²) in [6, 6.07) is 0. The van der Waals surface area contributed by atoms with Gasteiger partial charge in [0.25, 0.3) is 0 Å². The van der Waals surface area contributed by atoms with Crippen molar-refractivity contribution in [2.45, 2.75) is 46.0 Å². The van der Waals surface area contributed by atoms with E-state index >= 15 is 0 Å². The molecule has 1 atom stereocenters. The standard InChI is InChI=1S/C14H22/c1-5-7-11-14(6-2)12-9-8-10-13(3)4/h2,5,10,14H,1,7-9,11-12H2,3-4H3. The Kier molecular flexibility index (Phi) is 8.04. The fourth-order valence-electron chi connectivity index (χ4n) is 1.39. The van der Waals surface area contributed by atoms with Gasteiger partial charge in [-0.1, -0.05) is 17.7 Å². The molecule has 0 saturated heterocycles. The summed E-state index contributed by atoms with van der Waals surface area (Å²) in [4.78, 5) is 0. The lowest BCUT2D eigenvalue weighted by Crippen LogP contribution is -1.95. The third-order valence-electron chi connectivity index (χ3n) is 2.26. The molecule has 0 aromatic rings. The van der Waals surface area contributed by atoms with E-state index in [1.807, 2.05) is 6.08 Å². The lowest BCUT2D eigenvalue weighted by atomic mass is 9.97. The van der Waals surface area contributed by atoms with Gasteiger partial charge in [-0.05, 0) is 46.0 Å². The van der Waals surface area contributed by atoms with E-state index in [0.717, 1.165) is 25.7 Å². The average Bonchev–Trinajstić information content (AvgIpc) is 2.16. The molecule has 0 bridgehead atoms. The van der Waals surface area contributed by atoms with E-state index in [1.165, 1.54) is 12.0 Å². The van der Waals surface area contributed by atoms with Crippen LogP contribution in [0.2, 0.25) is 0 Å². The highest BCUT2D eigenvalue weighted by molar-refractivity contribution is 4.96. The van der Waals surface area contributed by atoms with Crippen molar-refractivity contribution in [1.29, 1.82) is 0 Å². The lowest BCUT2D eigenvalue weighted by Gasteiger charge is -2.07. The third-order valence-corrected chi connectivity index (χ3v) is 2.26. The predicted molar refractivity (Wildman–Crippen MR) is 65.0 cm³/mol. The van der Waals surface area contributed by atoms with Gasteiger partial charge >= 0.3 is 0 Å². The normalized spacial score (nSPS) is 11.5. The molecule has 14 heavy (non-hydrogen) atoms. The first kappa shape index (κ1) is 13.0. The molecule has 0 aromatic carbocycles. The van der Waals surface area contributed by atoms with Gasteiger partial charge < -0.3 is 0 Å². The van der Waals surface area contributed by atoms with Crippen LogP contribution in [-0.2, 0) is 0 Å². The Morgan fingerprint density at radius 1 is 1.36 bits per heavy atom. The van der Waals surface area contributed by atoms with Gasteiger partial charge in [0.1, 0.15) is 0 Å². The maximum Gasteiger partial charge on any atom is 0.0203 e. The van der Waals surface area contributed by atoms with Gasteiger partial charge in [0.2, 0.25) is 0 Å². The van der Waals surface area contributed by atoms with Gasteiger partial charge in [-0.2, -0.15) is 0 Å². The van der Waals surface area contributed by atoms with Gasteiger partial charge in [0, 0.05) is 5.92 Å². The lowest BCUT2D eigenvalue weighted by molar-refractivity contribution is 0.546. The average molecular weight is 190 g/mol. The van der Waals surface area contributed by atoms with E-state index in [0.29, 0.717) is 5.92 Å². The summed E-state index contributed by atoms with van der Waals surface area (Å²) in [6.45, 7) is 7.98. The zero-order valence-electron chi connectivity index (χ0n) is 9.55. The molecule has 0 spiro atoms. The molecule has 1 unspecified atom stereocenters. The van der Waals surface area contributed by atoms with Gasteiger partial charge in [-0.15, -0.1) is 18.9 Å². The van der Waals surface area contributed by atoms with Crippen LogP contribution in [0.1, 0.15) is 46.0 Å². The quantitative estimate of drug-likeness (QED) is 0.318. The van der Waals surface area contributed by atoms with E-state index in [1.54, 1.807) is 0 Å². The van der Waals surface area contributed by atoms with Crippen LogP contribution in [0.15, 0.2) is 24.3 Å². The fraction of sp³-hybridized carbons (Fsp3) is 0.571. The van der Waals surface area contributed by atoms with Crippen molar-refractivity contribution < 1.29 is 0 Å². The Labute approximate surface area is 89.1 Å². The maximum absolute atomic E-state index is 5.46. The van der Waals surface area contributed by atoms with Crippen LogP contribution in [0.3, 0.4) is 0 Å². The first-order valence-electron chi connectivity index (χ1n) is 5.41. The first-order chi connectivity index (χ1) is 6.70. The molecule has 0 saturated carbocycles. The summed E-state index contributed by atoms with van der Waals surface area (Å²) in [6.07, 6.45) is 15.3. The molecule has 0 nitrogen and oxygen atoms in total. The minimum absolute atomic E-state index is 0.443. The zero-order chi connectivity index (χ0) is 10.8. The fourth-order valence-corrected chi connectivity index (χ4v) is 1.39. The first-order valence-corrected chi connectivity index (χ1v) is 5.41. The van der Waals surface area contributed by atoms with E-state index in [4.69, 9.17) is 6.42 Å². The van der Waals surface area contributed by atoms with Crippen LogP contribution in [0.4, 0.5) is 0 Å². The molecule has 0 aromatic heterocycles. The molecule has 0 heteroatoms. The second-order valence-corrected chi connectivity index (χ2v) is 3.94. The van der Waals surface area contributed by atoms with Crippen LogP contribution in [0.25, 0.3) is 0 Å². The monoisotopic (exact) mass is 190 g/mol. The Balaban J connectivity index is 3.58. The Morgan fingerprint density at radius 2 is 2.07 bits per heavy atom. The molecule has 78 valence electrons. The van der Waals surface area contributed by atoms with Crippen molar-refractivity contribution >= 4 is 0 Å². The number of hydrogen-bond donors (Lipinski definition) is 0. The van der Waals surface area contributed by atoms with E-state index in [-0.39, 0.29) is 0 Å². The molecule has 0 rings (SSSR count). The van der Waals surface area contributed by atoms with Crippen LogP contribution >= 0.6 is 0 Å². The van der Waals surface area contributed by atoms with Crippen molar-refractivity contribution in [3.05, 3.63) is 24.3 Å². The highest BCUT2D eigenvalue weighted by Crippen LogP contribution is 2.14. The molecule has 0 amide bonds. The highest BCUT2D eigenvalue weighted by Gasteiger charge is 2.02. The minimum atomic E-state index is 0.443. The minimum Gasteiger partial charge on any atom is -0.120 e. The molecule has 0 heterocycles. The summed E-state index contributed by atoms with van der Waals surface area (Å²) in [5, 5.41) is 0. The van der Waals surface area contributed by atoms with Crippen molar-refractivity contribution in [2.24, 2.45) is 5.92 Å². The summed E-state index contributed by atoms with van der Waals surface area (Å²) in [5.41, 5.74) is 1.40. The second-order valence-electron chi connectivity index (χ2n) is 3.94. The SMILES string of the molecule is C#CC(CCC=C)CCCC=C(C)C. The summed E-state index contributed by atoms with van der Waals surface area (Å²) in [5.74, 6) is 3.30. The van der Waals surface area contributed by atoms with Gasteiger partial charge in [-0.3, -0.25) is 0 Å². The van der Waals surface area contributed by atoms with Crippen LogP contribution in [0.5, 0.6) is 0 Å². The van der Waals surface area contributed by atoms with Gasteiger partial charge in [0.05, 0.1) is 0 Å². The number of unbranched alkanes of at least 4 members (excludes halogenated alkanes) is 1. The zero-order valence-corrected chi connectivity index (χ0v) is 9.55. The number of allylic oxidation sites excluding steroid dienone is 3. The van der Waals surface area contributed by atoms with E-state index < -0.39 is 0 Å². The summed E-state index contributed by atoms with van der Waals surface area (Å²) < 4.78 is 0. The van der Waals surface area contributed by atoms with E-state index in [9.17, 15) is 0 Å². The topological polar surface area (TPSA) is 0 Å². The van der Waals surface area contributed by atoms with Crippen LogP contribution < -0.4 is 0 Å². The third kappa shape index (κ3) is 7.68. The van der Waals surface area contributed by atoms with E-state index in [2.05, 4.69) is 32.4 Å². The molecule has 0 aliphatic rings. The largest absolute Gasteiger partial charge is 0.120 e. The molecule has 0 N–H and O–H groups in total. The Hall–Kier alpha value is -0.960. The summed E-state index contributed by atoms with van der Waals surface area (Å²) in [7, 11) is 0. The molecule has 0 aliphatic heterocycles. The number of terminal acetylenes is 1. The Morgan fingerprint density at radius 3 is 2.57 bits per heavy atom. The molecule has 0 aliphatic carbocycles. The molecule has 0 fully saturated rings. The Bertz CT molecular complexity index is 211. The van der Waals surface area contributed by atoms with Crippen LogP contribution in [0, 0.1) is 18.3 Å². The van der Waals surface area contributed by atoms with Crippen molar-refractivity contribution in [3.8, 4) is 12.3 Å². The van der Waals surface area contributed by atoms with Crippen molar-refractivity contribution in [1.82, 2.24) is 0 Å². The highest BCUT2D eigenvalue weighted by atomic mass is 14.1. The molecule has 0 radical (unpaired) electrons. The predicted octanol–water partition coefficient (Wildman–Crippen LogP) is 4.34. The van der Waals surface area contributed by atoms with Crippen molar-refractivity contribution in [3.63, 3.8) is 0 Å². The van der Waals surface area contributed by atoms with Crippen LogP contribution in [-0.4, -0.2) is 0 Å². The smallest absolute Gasteiger partial charge is 0.0203 e. The van der Waals surface area contributed by atoms with Crippen molar-refractivity contribution in [2.75, 3.05) is 0 Å². The number of rotatable bonds is 7. The number of hydrogen-bond acceptors (Lipinski definition) is 0. The second kappa shape index (κ2) is 8.63. The van der Waals surface area contributed by atoms with Gasteiger partial charge in [0.15, 0.2) is 0 Å². The molecular weight excluding hydrogens is 168 g/mol.